The van der Waals surface area contributed by atoms with Gasteiger partial charge in [0.05, 0.1) is 0 Å². The fourth-order valence-corrected chi connectivity index (χ4v) is 10.6. The van der Waals surface area contributed by atoms with Crippen molar-refractivity contribution in [2.75, 3.05) is 0 Å². The maximum Gasteiger partial charge on any atom is 0.0492 e. The maximum absolute atomic E-state index is 2.53. The van der Waals surface area contributed by atoms with E-state index < -0.39 is 0 Å². The van der Waals surface area contributed by atoms with Crippen molar-refractivity contribution in [1.82, 2.24) is 0 Å². The van der Waals surface area contributed by atoms with Gasteiger partial charge in [0.1, 0.15) is 0 Å². The Hall–Kier alpha value is -6.02. The van der Waals surface area contributed by atoms with Gasteiger partial charge in [0.15, 0.2) is 0 Å². The Labute approximate surface area is 300 Å². The Balaban J connectivity index is 1.12. The number of fused-ring (bicyclic) bond motifs is 5. The summed E-state index contributed by atoms with van der Waals surface area (Å²) >= 11 is 1.92. The van der Waals surface area contributed by atoms with Crippen LogP contribution in [0.3, 0.4) is 0 Å². The van der Waals surface area contributed by atoms with Crippen LogP contribution in [0, 0.1) is 0 Å². The molecule has 0 N–H and O–H groups in total. The smallest absolute Gasteiger partial charge is 0.0492 e. The molecule has 51 heavy (non-hydrogen) atoms. The standard InChI is InChI=1S/C50H32S/c1-3-12-32(13-4-1)37-18-9-23-43-44-24-10-19-38(49(44)51-48(37)43)33-26-28-36(29-27-33)50(35-16-5-2-6-17-35)31-30-42-40-21-8-15-34-14-7-20-39(46(34)40)41-22-11-25-45(50)47(41)42/h1-30H,31H2. The van der Waals surface area contributed by atoms with Gasteiger partial charge in [0.25, 0.3) is 0 Å². The highest BCUT2D eigenvalue weighted by atomic mass is 32.1. The summed E-state index contributed by atoms with van der Waals surface area (Å²) in [7, 11) is 0. The molecule has 0 nitrogen and oxygen atoms in total. The van der Waals surface area contributed by atoms with Gasteiger partial charge >= 0.3 is 0 Å². The van der Waals surface area contributed by atoms with Gasteiger partial charge in [-0.05, 0) is 82.9 Å². The molecule has 1 heterocycles. The third-order valence-electron chi connectivity index (χ3n) is 11.5. The quantitative estimate of drug-likeness (QED) is 0.130. The van der Waals surface area contributed by atoms with E-state index in [9.17, 15) is 0 Å². The predicted molar refractivity (Wildman–Crippen MR) is 220 cm³/mol. The lowest BCUT2D eigenvalue weighted by Gasteiger charge is -2.38. The minimum atomic E-state index is -0.316. The lowest BCUT2D eigenvalue weighted by molar-refractivity contribution is 0.644. The van der Waals surface area contributed by atoms with Crippen molar-refractivity contribution in [2.24, 2.45) is 0 Å². The van der Waals surface area contributed by atoms with Gasteiger partial charge in [-0.15, -0.1) is 11.3 Å². The third-order valence-corrected chi connectivity index (χ3v) is 12.7. The van der Waals surface area contributed by atoms with Gasteiger partial charge < -0.3 is 0 Å². The number of rotatable bonds is 4. The van der Waals surface area contributed by atoms with Crippen LogP contribution in [0.1, 0.15) is 23.1 Å². The third kappa shape index (κ3) is 4.07. The molecular formula is C50H32S. The summed E-state index contributed by atoms with van der Waals surface area (Å²) in [6.45, 7) is 0. The Bertz CT molecular complexity index is 3020. The highest BCUT2D eigenvalue weighted by Crippen LogP contribution is 2.49. The van der Waals surface area contributed by atoms with Crippen LogP contribution in [0.2, 0.25) is 0 Å². The molecule has 0 saturated heterocycles. The van der Waals surface area contributed by atoms with E-state index in [-0.39, 0.29) is 5.41 Å². The highest BCUT2D eigenvalue weighted by molar-refractivity contribution is 7.26. The molecule has 1 atom stereocenters. The SMILES string of the molecule is C1=c2c3cccc4cccc(c5cccc(c25)C(c2ccccc2)(c2ccc(-c5cccc6c5sc5c(-c7ccccc7)cccc56)cc2)C1)c43. The van der Waals surface area contributed by atoms with E-state index >= 15 is 0 Å². The van der Waals surface area contributed by atoms with Crippen molar-refractivity contribution in [1.29, 1.82) is 0 Å². The molecule has 10 aromatic rings. The van der Waals surface area contributed by atoms with E-state index in [2.05, 4.69) is 182 Å². The largest absolute Gasteiger partial charge is 0.134 e. The van der Waals surface area contributed by atoms with Crippen LogP contribution in [0.25, 0.3) is 80.8 Å². The Morgan fingerprint density at radius 3 is 1.61 bits per heavy atom. The first-order valence-electron chi connectivity index (χ1n) is 17.8. The molecule has 1 aliphatic rings. The van der Waals surface area contributed by atoms with Crippen LogP contribution in [-0.2, 0) is 5.41 Å². The Kier molecular flexibility index (Phi) is 6.20. The number of hydrogen-bond acceptors (Lipinski definition) is 1. The van der Waals surface area contributed by atoms with Crippen LogP contribution < -0.4 is 5.22 Å². The molecule has 0 spiro atoms. The summed E-state index contributed by atoms with van der Waals surface area (Å²) in [6, 6.07) is 65.6. The lowest BCUT2D eigenvalue weighted by Crippen LogP contribution is -2.33. The zero-order chi connectivity index (χ0) is 33.5. The first-order valence-corrected chi connectivity index (χ1v) is 18.6. The van der Waals surface area contributed by atoms with Gasteiger partial charge in [-0.3, -0.25) is 0 Å². The van der Waals surface area contributed by atoms with E-state index in [4.69, 9.17) is 0 Å². The monoisotopic (exact) mass is 664 g/mol. The zero-order valence-electron chi connectivity index (χ0n) is 27.9. The summed E-state index contributed by atoms with van der Waals surface area (Å²) in [5, 5.41) is 12.1. The van der Waals surface area contributed by atoms with Crippen molar-refractivity contribution in [3.63, 3.8) is 0 Å². The van der Waals surface area contributed by atoms with Crippen molar-refractivity contribution >= 4 is 69.9 Å². The molecule has 0 bridgehead atoms. The second kappa shape index (κ2) is 11.0. The van der Waals surface area contributed by atoms with Crippen LogP contribution >= 0.6 is 11.3 Å². The predicted octanol–water partition coefficient (Wildman–Crippen LogP) is 13.1. The minimum Gasteiger partial charge on any atom is -0.134 e. The van der Waals surface area contributed by atoms with E-state index in [1.54, 1.807) is 0 Å². The fraction of sp³-hybridized carbons (Fsp3) is 0.0400. The van der Waals surface area contributed by atoms with Crippen LogP contribution in [0.4, 0.5) is 0 Å². The van der Waals surface area contributed by atoms with E-state index in [0.29, 0.717) is 0 Å². The highest BCUT2D eigenvalue weighted by Gasteiger charge is 2.39. The van der Waals surface area contributed by atoms with Gasteiger partial charge in [-0.25, -0.2) is 0 Å². The zero-order valence-corrected chi connectivity index (χ0v) is 28.8. The Morgan fingerprint density at radius 1 is 0.392 bits per heavy atom. The first kappa shape index (κ1) is 28.8. The topological polar surface area (TPSA) is 0 Å². The molecule has 0 fully saturated rings. The van der Waals surface area contributed by atoms with Crippen LogP contribution in [0.15, 0.2) is 176 Å². The molecule has 0 saturated carbocycles. The van der Waals surface area contributed by atoms with Gasteiger partial charge in [0.2, 0.25) is 0 Å². The minimum absolute atomic E-state index is 0.316. The maximum atomic E-state index is 2.53. The average Bonchev–Trinajstić information content (AvgIpc) is 3.60. The summed E-state index contributed by atoms with van der Waals surface area (Å²) in [4.78, 5) is 0. The Morgan fingerprint density at radius 2 is 0.922 bits per heavy atom. The molecule has 1 unspecified atom stereocenters. The molecule has 9 aromatic carbocycles. The first-order chi connectivity index (χ1) is 25.3. The fourth-order valence-electron chi connectivity index (χ4n) is 9.19. The average molecular weight is 665 g/mol. The van der Waals surface area contributed by atoms with Crippen LogP contribution in [0.5, 0.6) is 0 Å². The summed E-state index contributed by atoms with van der Waals surface area (Å²) in [5.41, 5.74) is 8.84. The molecular weight excluding hydrogens is 633 g/mol. The lowest BCUT2D eigenvalue weighted by atomic mass is 9.63. The molecule has 0 aliphatic heterocycles. The second-order valence-corrected chi connectivity index (χ2v) is 15.0. The molecule has 1 heteroatoms. The van der Waals surface area contributed by atoms with Crippen LogP contribution in [-0.4, -0.2) is 0 Å². The van der Waals surface area contributed by atoms with E-state index in [1.165, 1.54) is 96.7 Å². The molecule has 0 radical (unpaired) electrons. The van der Waals surface area contributed by atoms with Crippen molar-refractivity contribution in [3.05, 3.63) is 198 Å². The van der Waals surface area contributed by atoms with Gasteiger partial charge in [0, 0.05) is 25.6 Å². The molecule has 1 aliphatic carbocycles. The summed E-state index contributed by atoms with van der Waals surface area (Å²) < 4.78 is 2.69. The van der Waals surface area contributed by atoms with Gasteiger partial charge in [-0.2, -0.15) is 0 Å². The van der Waals surface area contributed by atoms with Crippen molar-refractivity contribution in [3.8, 4) is 22.3 Å². The van der Waals surface area contributed by atoms with E-state index in [0.717, 1.165) is 6.42 Å². The summed E-state index contributed by atoms with van der Waals surface area (Å²) in [6.07, 6.45) is 3.43. The summed E-state index contributed by atoms with van der Waals surface area (Å²) in [5.74, 6) is 0. The molecule has 11 rings (SSSR count). The molecule has 1 aromatic heterocycles. The van der Waals surface area contributed by atoms with Crippen molar-refractivity contribution in [2.45, 2.75) is 11.8 Å². The molecule has 0 amide bonds. The number of thiophene rings is 1. The van der Waals surface area contributed by atoms with Gasteiger partial charge in [-0.1, -0.05) is 182 Å². The van der Waals surface area contributed by atoms with E-state index in [1.807, 2.05) is 11.3 Å². The van der Waals surface area contributed by atoms with Crippen molar-refractivity contribution < 1.29 is 0 Å². The second-order valence-electron chi connectivity index (χ2n) is 13.9. The number of hydrogen-bond donors (Lipinski definition) is 0. The molecule has 238 valence electrons. The number of benzene rings is 9. The normalized spacial score (nSPS) is 15.6.